The van der Waals surface area contributed by atoms with Crippen LogP contribution >= 0.6 is 23.6 Å². The van der Waals surface area contributed by atoms with E-state index < -0.39 is 0 Å². The number of aryl methyl sites for hydroxylation is 2. The fourth-order valence-corrected chi connectivity index (χ4v) is 3.02. The molecule has 0 fully saturated rings. The van der Waals surface area contributed by atoms with E-state index in [1.807, 2.05) is 18.7 Å². The fourth-order valence-electron chi connectivity index (χ4n) is 2.08. The maximum atomic E-state index is 5.37. The van der Waals surface area contributed by atoms with Crippen LogP contribution in [0.1, 0.15) is 10.6 Å². The van der Waals surface area contributed by atoms with Crippen molar-refractivity contribution in [2.45, 2.75) is 13.5 Å². The molecule has 3 rings (SSSR count). The van der Waals surface area contributed by atoms with Gasteiger partial charge in [0.2, 0.25) is 0 Å². The molecule has 0 atom stereocenters. The lowest BCUT2D eigenvalue weighted by Crippen LogP contribution is -2.03. The van der Waals surface area contributed by atoms with Gasteiger partial charge in [0, 0.05) is 11.9 Å². The zero-order valence-corrected chi connectivity index (χ0v) is 11.2. The third-order valence-electron chi connectivity index (χ3n) is 2.82. The van der Waals surface area contributed by atoms with Crippen molar-refractivity contribution in [3.05, 3.63) is 32.9 Å². The zero-order valence-electron chi connectivity index (χ0n) is 9.60. The number of rotatable bonds is 2. The van der Waals surface area contributed by atoms with Crippen LogP contribution in [0.4, 0.5) is 0 Å². The minimum absolute atomic E-state index is 0.754. The second kappa shape index (κ2) is 3.82. The Morgan fingerprint density at radius 1 is 1.53 bits per heavy atom. The van der Waals surface area contributed by atoms with E-state index in [0.717, 1.165) is 28.2 Å². The molecule has 0 saturated carbocycles. The average Bonchev–Trinajstić information content (AvgIpc) is 2.93. The van der Waals surface area contributed by atoms with Crippen molar-refractivity contribution in [1.82, 2.24) is 19.3 Å². The summed E-state index contributed by atoms with van der Waals surface area (Å²) >= 11 is 7.11. The van der Waals surface area contributed by atoms with Gasteiger partial charge in [-0.15, -0.1) is 11.3 Å². The van der Waals surface area contributed by atoms with E-state index in [4.69, 9.17) is 12.2 Å². The van der Waals surface area contributed by atoms with Gasteiger partial charge in [-0.1, -0.05) is 6.07 Å². The predicted molar refractivity (Wildman–Crippen MR) is 72.0 cm³/mol. The molecule has 0 bridgehead atoms. The van der Waals surface area contributed by atoms with Crippen LogP contribution in [0.5, 0.6) is 0 Å². The molecule has 3 heterocycles. The van der Waals surface area contributed by atoms with Gasteiger partial charge in [-0.3, -0.25) is 9.25 Å². The summed E-state index contributed by atoms with van der Waals surface area (Å²) in [5.41, 5.74) is 3.08. The van der Waals surface area contributed by atoms with Crippen LogP contribution in [0.25, 0.3) is 11.2 Å². The topological polar surface area (TPSA) is 38.5 Å². The summed E-state index contributed by atoms with van der Waals surface area (Å²) in [5.74, 6) is 0. The number of imidazole rings is 1. The van der Waals surface area contributed by atoms with E-state index >= 15 is 0 Å². The molecule has 0 aliphatic carbocycles. The number of aromatic amines is 1. The summed E-state index contributed by atoms with van der Waals surface area (Å²) in [6, 6.07) is 4.18. The maximum absolute atomic E-state index is 5.37. The van der Waals surface area contributed by atoms with Gasteiger partial charge in [0.15, 0.2) is 10.4 Å². The highest BCUT2D eigenvalue weighted by Gasteiger charge is 2.12. The highest BCUT2D eigenvalue weighted by atomic mass is 32.1. The maximum Gasteiger partial charge on any atom is 0.179 e. The average molecular weight is 264 g/mol. The van der Waals surface area contributed by atoms with Crippen LogP contribution in [-0.4, -0.2) is 19.3 Å². The SMILES string of the molecule is Cc1nn(C)c2c1[nH]c(=S)n2Cc1cccs1. The van der Waals surface area contributed by atoms with E-state index in [1.54, 1.807) is 11.3 Å². The Morgan fingerprint density at radius 3 is 3.06 bits per heavy atom. The molecular weight excluding hydrogens is 252 g/mol. The Hall–Kier alpha value is -1.40. The predicted octanol–water partition coefficient (Wildman–Crippen LogP) is 2.85. The second-order valence-corrected chi connectivity index (χ2v) is 5.42. The zero-order chi connectivity index (χ0) is 12.0. The van der Waals surface area contributed by atoms with E-state index in [1.165, 1.54) is 4.88 Å². The Labute approximate surface area is 108 Å². The van der Waals surface area contributed by atoms with Crippen LogP contribution in [0.3, 0.4) is 0 Å². The van der Waals surface area contributed by atoms with Gasteiger partial charge in [-0.05, 0) is 30.6 Å². The molecule has 0 aliphatic heterocycles. The highest BCUT2D eigenvalue weighted by Crippen LogP contribution is 2.19. The third kappa shape index (κ3) is 1.64. The van der Waals surface area contributed by atoms with Crippen molar-refractivity contribution < 1.29 is 0 Å². The lowest BCUT2D eigenvalue weighted by atomic mass is 10.4. The molecule has 4 nitrogen and oxygen atoms in total. The van der Waals surface area contributed by atoms with E-state index in [0.29, 0.717) is 0 Å². The number of thiophene rings is 1. The van der Waals surface area contributed by atoms with Crippen LogP contribution in [0, 0.1) is 11.7 Å². The number of hydrogen-bond acceptors (Lipinski definition) is 3. The first-order valence-electron chi connectivity index (χ1n) is 5.31. The number of nitrogens with zero attached hydrogens (tertiary/aromatic N) is 3. The van der Waals surface area contributed by atoms with Crippen molar-refractivity contribution in [2.75, 3.05) is 0 Å². The first kappa shape index (κ1) is 10.7. The largest absolute Gasteiger partial charge is 0.328 e. The van der Waals surface area contributed by atoms with E-state index in [2.05, 4.69) is 32.2 Å². The minimum atomic E-state index is 0.754. The van der Waals surface area contributed by atoms with Gasteiger partial charge in [-0.25, -0.2) is 0 Å². The molecule has 17 heavy (non-hydrogen) atoms. The van der Waals surface area contributed by atoms with Crippen molar-refractivity contribution in [3.8, 4) is 0 Å². The molecular formula is C11H12N4S2. The molecule has 0 unspecified atom stereocenters. The van der Waals surface area contributed by atoms with Gasteiger partial charge in [0.25, 0.3) is 0 Å². The molecule has 3 aromatic rings. The molecule has 88 valence electrons. The lowest BCUT2D eigenvalue weighted by Gasteiger charge is -2.02. The first-order chi connectivity index (χ1) is 8.16. The number of H-pyrrole nitrogens is 1. The summed E-state index contributed by atoms with van der Waals surface area (Å²) < 4.78 is 4.73. The molecule has 1 N–H and O–H groups in total. The molecule has 0 spiro atoms. The van der Waals surface area contributed by atoms with Crippen LogP contribution in [0.15, 0.2) is 17.5 Å². The molecule has 3 aromatic heterocycles. The van der Waals surface area contributed by atoms with Gasteiger partial charge < -0.3 is 4.98 Å². The Morgan fingerprint density at radius 2 is 2.35 bits per heavy atom. The summed E-state index contributed by atoms with van der Waals surface area (Å²) in [7, 11) is 1.95. The monoisotopic (exact) mass is 264 g/mol. The first-order valence-corrected chi connectivity index (χ1v) is 6.60. The van der Waals surface area contributed by atoms with Crippen molar-refractivity contribution in [2.24, 2.45) is 7.05 Å². The van der Waals surface area contributed by atoms with Crippen LogP contribution < -0.4 is 0 Å². The third-order valence-corrected chi connectivity index (χ3v) is 4.00. The number of fused-ring (bicyclic) bond motifs is 1. The van der Waals surface area contributed by atoms with Crippen molar-refractivity contribution in [1.29, 1.82) is 0 Å². The summed E-state index contributed by atoms with van der Waals surface area (Å²) in [6.07, 6.45) is 0. The second-order valence-electron chi connectivity index (χ2n) is 4.00. The Kier molecular flexibility index (Phi) is 2.41. The molecule has 0 aliphatic rings. The number of hydrogen-bond donors (Lipinski definition) is 1. The van der Waals surface area contributed by atoms with Gasteiger partial charge in [-0.2, -0.15) is 5.10 Å². The summed E-state index contributed by atoms with van der Waals surface area (Å²) in [6.45, 7) is 2.79. The van der Waals surface area contributed by atoms with Crippen LogP contribution in [0.2, 0.25) is 0 Å². The van der Waals surface area contributed by atoms with E-state index in [-0.39, 0.29) is 0 Å². The van der Waals surface area contributed by atoms with Gasteiger partial charge >= 0.3 is 0 Å². The fraction of sp³-hybridized carbons (Fsp3) is 0.273. The number of nitrogens with one attached hydrogen (secondary N) is 1. The molecule has 6 heteroatoms. The molecule has 0 radical (unpaired) electrons. The normalized spacial score (nSPS) is 11.4. The summed E-state index contributed by atoms with van der Waals surface area (Å²) in [5, 5.41) is 6.48. The van der Waals surface area contributed by atoms with E-state index in [9.17, 15) is 0 Å². The minimum Gasteiger partial charge on any atom is -0.328 e. The quantitative estimate of drug-likeness (QED) is 0.723. The Bertz CT molecular complexity index is 715. The van der Waals surface area contributed by atoms with Crippen molar-refractivity contribution in [3.63, 3.8) is 0 Å². The van der Waals surface area contributed by atoms with Crippen LogP contribution in [-0.2, 0) is 13.6 Å². The van der Waals surface area contributed by atoms with Crippen molar-refractivity contribution >= 4 is 34.7 Å². The highest BCUT2D eigenvalue weighted by molar-refractivity contribution is 7.71. The summed E-state index contributed by atoms with van der Waals surface area (Å²) in [4.78, 5) is 4.52. The lowest BCUT2D eigenvalue weighted by molar-refractivity contribution is 0.719. The number of aromatic nitrogens is 4. The van der Waals surface area contributed by atoms with Gasteiger partial charge in [0.1, 0.15) is 5.52 Å². The molecule has 0 aromatic carbocycles. The van der Waals surface area contributed by atoms with Gasteiger partial charge in [0.05, 0.1) is 12.2 Å². The smallest absolute Gasteiger partial charge is 0.179 e. The molecule has 0 saturated heterocycles. The standard InChI is InChI=1S/C11H12N4S2/c1-7-9-10(14(2)13-7)15(11(16)12-9)6-8-4-3-5-17-8/h3-5H,6H2,1-2H3,(H,12,16). The Balaban J connectivity index is 2.21. The molecule has 0 amide bonds.